The van der Waals surface area contributed by atoms with Gasteiger partial charge in [0.05, 0.1) is 17.2 Å². The minimum atomic E-state index is -0.146. The molecule has 2 heterocycles. The Hall–Kier alpha value is -2.71. The Morgan fingerprint density at radius 3 is 2.62 bits per heavy atom. The molecular formula is C24H28BrN5O2. The molecule has 1 aliphatic heterocycles. The van der Waals surface area contributed by atoms with E-state index in [-0.39, 0.29) is 24.4 Å². The van der Waals surface area contributed by atoms with Crippen molar-refractivity contribution < 1.29 is 4.79 Å². The number of carbonyl (C=O) groups excluding carboxylic acids is 1. The molecule has 1 amide bonds. The van der Waals surface area contributed by atoms with Crippen molar-refractivity contribution >= 4 is 44.1 Å². The van der Waals surface area contributed by atoms with Gasteiger partial charge in [-0.3, -0.25) is 14.2 Å². The SMILES string of the molecule is CCN1CCN(c2ccc(NC(=O)CCn3cnc4ccc(Br)cc4c3=O)cc2C)CC1. The zero-order valence-electron chi connectivity index (χ0n) is 18.5. The van der Waals surface area contributed by atoms with E-state index in [0.29, 0.717) is 10.9 Å². The zero-order chi connectivity index (χ0) is 22.7. The third-order valence-corrected chi connectivity index (χ3v) is 6.50. The van der Waals surface area contributed by atoms with Crippen molar-refractivity contribution in [2.24, 2.45) is 0 Å². The van der Waals surface area contributed by atoms with E-state index in [9.17, 15) is 9.59 Å². The van der Waals surface area contributed by atoms with Gasteiger partial charge in [-0.25, -0.2) is 4.98 Å². The average Bonchev–Trinajstić information content (AvgIpc) is 2.79. The predicted octanol–water partition coefficient (Wildman–Crippen LogP) is 3.64. The quantitative estimate of drug-likeness (QED) is 0.562. The van der Waals surface area contributed by atoms with Gasteiger partial charge in [0.2, 0.25) is 5.91 Å². The van der Waals surface area contributed by atoms with E-state index in [1.807, 2.05) is 18.2 Å². The third-order valence-electron chi connectivity index (χ3n) is 6.01. The highest BCUT2D eigenvalue weighted by atomic mass is 79.9. The number of aryl methyl sites for hydroxylation is 2. The minimum Gasteiger partial charge on any atom is -0.369 e. The van der Waals surface area contributed by atoms with Crippen LogP contribution in [0.15, 0.2) is 52.0 Å². The number of nitrogens with zero attached hydrogens (tertiary/aromatic N) is 4. The van der Waals surface area contributed by atoms with Crippen LogP contribution in [0, 0.1) is 6.92 Å². The molecule has 0 unspecified atom stereocenters. The van der Waals surface area contributed by atoms with E-state index in [4.69, 9.17) is 0 Å². The minimum absolute atomic E-state index is 0.130. The van der Waals surface area contributed by atoms with Crippen molar-refractivity contribution in [3.8, 4) is 0 Å². The van der Waals surface area contributed by atoms with Crippen LogP contribution in [0.4, 0.5) is 11.4 Å². The van der Waals surface area contributed by atoms with Crippen molar-refractivity contribution in [1.29, 1.82) is 0 Å². The maximum Gasteiger partial charge on any atom is 0.261 e. The number of hydrogen-bond donors (Lipinski definition) is 1. The summed E-state index contributed by atoms with van der Waals surface area (Å²) in [6.45, 7) is 9.84. The topological polar surface area (TPSA) is 70.5 Å². The van der Waals surface area contributed by atoms with E-state index in [1.54, 1.807) is 12.1 Å². The zero-order valence-corrected chi connectivity index (χ0v) is 20.1. The molecule has 0 spiro atoms. The van der Waals surface area contributed by atoms with Crippen LogP contribution >= 0.6 is 15.9 Å². The summed E-state index contributed by atoms with van der Waals surface area (Å²) in [5, 5.41) is 3.49. The number of fused-ring (bicyclic) bond motifs is 1. The number of hydrogen-bond acceptors (Lipinski definition) is 5. The summed E-state index contributed by atoms with van der Waals surface area (Å²) < 4.78 is 2.31. The molecule has 7 nitrogen and oxygen atoms in total. The highest BCUT2D eigenvalue weighted by Crippen LogP contribution is 2.25. The number of piperazine rings is 1. The fourth-order valence-corrected chi connectivity index (χ4v) is 4.49. The molecule has 0 saturated carbocycles. The van der Waals surface area contributed by atoms with Crippen LogP contribution in [-0.4, -0.2) is 53.1 Å². The normalized spacial score (nSPS) is 14.7. The second-order valence-corrected chi connectivity index (χ2v) is 9.04. The lowest BCUT2D eigenvalue weighted by Crippen LogP contribution is -2.46. The second-order valence-electron chi connectivity index (χ2n) is 8.13. The lowest BCUT2D eigenvalue weighted by atomic mass is 10.1. The van der Waals surface area contributed by atoms with E-state index < -0.39 is 0 Å². The van der Waals surface area contributed by atoms with Gasteiger partial charge >= 0.3 is 0 Å². The summed E-state index contributed by atoms with van der Waals surface area (Å²) in [6.07, 6.45) is 1.70. The molecule has 1 fully saturated rings. The molecule has 0 bridgehead atoms. The van der Waals surface area contributed by atoms with Gasteiger partial charge in [-0.15, -0.1) is 0 Å². The lowest BCUT2D eigenvalue weighted by Gasteiger charge is -2.36. The molecule has 0 radical (unpaired) electrons. The third kappa shape index (κ3) is 5.02. The van der Waals surface area contributed by atoms with Gasteiger partial charge in [-0.2, -0.15) is 0 Å². The van der Waals surface area contributed by atoms with Crippen LogP contribution in [-0.2, 0) is 11.3 Å². The van der Waals surface area contributed by atoms with Crippen molar-refractivity contribution in [1.82, 2.24) is 14.5 Å². The summed E-state index contributed by atoms with van der Waals surface area (Å²) in [6, 6.07) is 11.5. The number of benzene rings is 2. The molecule has 168 valence electrons. The monoisotopic (exact) mass is 497 g/mol. The molecule has 1 N–H and O–H groups in total. The number of rotatable bonds is 6. The van der Waals surface area contributed by atoms with Crippen molar-refractivity contribution in [3.63, 3.8) is 0 Å². The Kier molecular flexibility index (Phi) is 6.91. The fourth-order valence-electron chi connectivity index (χ4n) is 4.13. The Bertz CT molecular complexity index is 1180. The van der Waals surface area contributed by atoms with Gasteiger partial charge in [-0.05, 0) is 55.4 Å². The van der Waals surface area contributed by atoms with Crippen LogP contribution in [0.2, 0.25) is 0 Å². The molecule has 0 aliphatic carbocycles. The average molecular weight is 498 g/mol. The number of likely N-dealkylation sites (N-methyl/N-ethyl adjacent to an activating group) is 1. The summed E-state index contributed by atoms with van der Waals surface area (Å²) in [4.78, 5) is 34.4. The van der Waals surface area contributed by atoms with Gasteiger partial charge < -0.3 is 15.1 Å². The number of aromatic nitrogens is 2. The first-order chi connectivity index (χ1) is 15.4. The largest absolute Gasteiger partial charge is 0.369 e. The highest BCUT2D eigenvalue weighted by Gasteiger charge is 2.17. The number of amides is 1. The second kappa shape index (κ2) is 9.83. The van der Waals surface area contributed by atoms with Gasteiger partial charge in [0.15, 0.2) is 0 Å². The molecule has 8 heteroatoms. The Morgan fingerprint density at radius 1 is 1.12 bits per heavy atom. The number of anilines is 2. The first-order valence-electron chi connectivity index (χ1n) is 11.0. The van der Waals surface area contributed by atoms with Crippen LogP contribution in [0.5, 0.6) is 0 Å². The van der Waals surface area contributed by atoms with Crippen LogP contribution in [0.25, 0.3) is 10.9 Å². The standard InChI is InChI=1S/C24H28BrN5O2/c1-3-28-10-12-29(13-11-28)22-7-5-19(14-17(22)2)27-23(31)8-9-30-16-26-21-6-4-18(25)15-20(21)24(30)32/h4-7,14-16H,3,8-13H2,1-2H3,(H,27,31). The Morgan fingerprint density at radius 2 is 1.91 bits per heavy atom. The Balaban J connectivity index is 1.37. The van der Waals surface area contributed by atoms with Gasteiger partial charge in [0, 0.05) is 55.0 Å². The maximum atomic E-state index is 12.7. The van der Waals surface area contributed by atoms with E-state index in [2.05, 4.69) is 55.9 Å². The molecule has 0 atom stereocenters. The molecule has 2 aromatic carbocycles. The predicted molar refractivity (Wildman–Crippen MR) is 132 cm³/mol. The summed E-state index contributed by atoms with van der Waals surface area (Å²) in [7, 11) is 0. The van der Waals surface area contributed by atoms with Gasteiger partial charge in [-0.1, -0.05) is 22.9 Å². The van der Waals surface area contributed by atoms with Gasteiger partial charge in [0.1, 0.15) is 0 Å². The van der Waals surface area contributed by atoms with E-state index in [0.717, 1.165) is 48.4 Å². The van der Waals surface area contributed by atoms with Crippen LogP contribution in [0.1, 0.15) is 18.9 Å². The summed E-state index contributed by atoms with van der Waals surface area (Å²) >= 11 is 3.39. The molecule has 1 aliphatic rings. The number of nitrogens with one attached hydrogen (secondary N) is 1. The first-order valence-corrected chi connectivity index (χ1v) is 11.8. The fraction of sp³-hybridized carbons (Fsp3) is 0.375. The number of halogens is 1. The smallest absolute Gasteiger partial charge is 0.261 e. The lowest BCUT2D eigenvalue weighted by molar-refractivity contribution is -0.116. The highest BCUT2D eigenvalue weighted by molar-refractivity contribution is 9.10. The number of carbonyl (C=O) groups is 1. The molecule has 3 aromatic rings. The van der Waals surface area contributed by atoms with E-state index in [1.165, 1.54) is 16.6 Å². The van der Waals surface area contributed by atoms with E-state index >= 15 is 0 Å². The van der Waals surface area contributed by atoms with Crippen LogP contribution in [0.3, 0.4) is 0 Å². The van der Waals surface area contributed by atoms with Crippen LogP contribution < -0.4 is 15.8 Å². The first kappa shape index (κ1) is 22.5. The molecule has 32 heavy (non-hydrogen) atoms. The molecule has 1 aromatic heterocycles. The van der Waals surface area contributed by atoms with Crippen molar-refractivity contribution in [3.05, 3.63) is 63.1 Å². The molecule has 1 saturated heterocycles. The van der Waals surface area contributed by atoms with Gasteiger partial charge in [0.25, 0.3) is 5.56 Å². The van der Waals surface area contributed by atoms with Crippen molar-refractivity contribution in [2.45, 2.75) is 26.8 Å². The summed E-state index contributed by atoms with van der Waals surface area (Å²) in [5.41, 5.74) is 3.64. The maximum absolute atomic E-state index is 12.7. The summed E-state index contributed by atoms with van der Waals surface area (Å²) in [5.74, 6) is -0.130. The van der Waals surface area contributed by atoms with Crippen molar-refractivity contribution in [2.75, 3.05) is 42.9 Å². The Labute approximate surface area is 196 Å². The molecular weight excluding hydrogens is 470 g/mol. The molecule has 4 rings (SSSR count).